The number of amides is 1. The molecule has 1 amide bonds. The zero-order valence-electron chi connectivity index (χ0n) is 19.3. The van der Waals surface area contributed by atoms with Crippen molar-refractivity contribution < 1.29 is 22.7 Å². The highest BCUT2D eigenvalue weighted by Gasteiger charge is 2.31. The van der Waals surface area contributed by atoms with Crippen LogP contribution in [0.2, 0.25) is 5.02 Å². The number of alkyl halides is 3. The number of hydrogen-bond acceptors (Lipinski definition) is 2. The molecule has 0 saturated carbocycles. The van der Waals surface area contributed by atoms with Gasteiger partial charge in [-0.25, -0.2) is 0 Å². The molecule has 0 fully saturated rings. The fraction of sp³-hybridized carbons (Fsp3) is 0.179. The fourth-order valence-corrected chi connectivity index (χ4v) is 4.80. The topological polar surface area (TPSA) is 34.5 Å². The molecule has 184 valence electrons. The number of carbonyl (C=O) groups is 1. The van der Waals surface area contributed by atoms with Gasteiger partial charge in [0.1, 0.15) is 5.75 Å². The first kappa shape index (κ1) is 24.0. The van der Waals surface area contributed by atoms with E-state index in [1.54, 1.807) is 12.0 Å². The van der Waals surface area contributed by atoms with Crippen molar-refractivity contribution in [2.24, 2.45) is 0 Å². The molecule has 4 nitrogen and oxygen atoms in total. The number of methoxy groups -OCH3 is 1. The van der Waals surface area contributed by atoms with Crippen LogP contribution in [0.15, 0.2) is 78.9 Å². The molecule has 0 spiro atoms. The lowest BCUT2D eigenvalue weighted by molar-refractivity contribution is -0.137. The molecule has 0 aliphatic carbocycles. The van der Waals surface area contributed by atoms with E-state index in [0.29, 0.717) is 24.5 Å². The lowest BCUT2D eigenvalue weighted by Gasteiger charge is -2.28. The Balaban J connectivity index is 1.51. The molecule has 0 saturated heterocycles. The zero-order valence-corrected chi connectivity index (χ0v) is 20.1. The SMILES string of the molecule is COc1ccc(-c2cc3c(n2-c2ccccc2Cl)CCN(C(=O)c2ccc(C(F)(F)F)cc2)C3)cc1. The average molecular weight is 511 g/mol. The smallest absolute Gasteiger partial charge is 0.416 e. The van der Waals surface area contributed by atoms with E-state index < -0.39 is 11.7 Å². The number of para-hydroxylation sites is 1. The van der Waals surface area contributed by atoms with Crippen LogP contribution in [0.25, 0.3) is 16.9 Å². The number of hydrogen-bond donors (Lipinski definition) is 0. The fourth-order valence-electron chi connectivity index (χ4n) is 4.58. The second kappa shape index (κ2) is 9.39. The van der Waals surface area contributed by atoms with Crippen molar-refractivity contribution in [1.82, 2.24) is 9.47 Å². The van der Waals surface area contributed by atoms with Gasteiger partial charge in [0, 0.05) is 30.8 Å². The first-order valence-electron chi connectivity index (χ1n) is 11.4. The van der Waals surface area contributed by atoms with Crippen LogP contribution in [-0.2, 0) is 19.1 Å². The van der Waals surface area contributed by atoms with Gasteiger partial charge in [-0.05, 0) is 77.9 Å². The maximum Gasteiger partial charge on any atom is 0.416 e. The van der Waals surface area contributed by atoms with Crippen molar-refractivity contribution in [2.75, 3.05) is 13.7 Å². The summed E-state index contributed by atoms with van der Waals surface area (Å²) in [5.41, 5.74) is 4.20. The molecule has 2 heterocycles. The minimum atomic E-state index is -4.44. The van der Waals surface area contributed by atoms with E-state index in [-0.39, 0.29) is 11.5 Å². The Labute approximate surface area is 211 Å². The largest absolute Gasteiger partial charge is 0.497 e. The molecule has 4 aromatic rings. The van der Waals surface area contributed by atoms with Crippen LogP contribution in [0.3, 0.4) is 0 Å². The van der Waals surface area contributed by atoms with Crippen molar-refractivity contribution in [1.29, 1.82) is 0 Å². The van der Waals surface area contributed by atoms with Gasteiger partial charge in [0.05, 0.1) is 29.1 Å². The minimum absolute atomic E-state index is 0.229. The molecule has 0 N–H and O–H groups in total. The van der Waals surface area contributed by atoms with E-state index in [9.17, 15) is 18.0 Å². The Kier molecular flexibility index (Phi) is 6.26. The maximum atomic E-state index is 13.1. The van der Waals surface area contributed by atoms with Crippen molar-refractivity contribution >= 4 is 17.5 Å². The van der Waals surface area contributed by atoms with Gasteiger partial charge < -0.3 is 14.2 Å². The molecular weight excluding hydrogens is 489 g/mol. The summed E-state index contributed by atoms with van der Waals surface area (Å²) in [6, 6.07) is 21.7. The molecule has 1 aliphatic rings. The number of halogens is 4. The summed E-state index contributed by atoms with van der Waals surface area (Å²) in [5, 5.41) is 0.605. The van der Waals surface area contributed by atoms with Crippen LogP contribution in [0.5, 0.6) is 5.75 Å². The Bertz CT molecular complexity index is 1410. The Morgan fingerprint density at radius 1 is 0.972 bits per heavy atom. The molecule has 36 heavy (non-hydrogen) atoms. The summed E-state index contributed by atoms with van der Waals surface area (Å²) < 4.78 is 46.2. The number of nitrogens with zero attached hydrogens (tertiary/aromatic N) is 2. The third-order valence-corrected chi connectivity index (χ3v) is 6.72. The third-order valence-electron chi connectivity index (χ3n) is 6.40. The number of fused-ring (bicyclic) bond motifs is 1. The van der Waals surface area contributed by atoms with E-state index in [1.165, 1.54) is 12.1 Å². The van der Waals surface area contributed by atoms with Gasteiger partial charge in [0.2, 0.25) is 0 Å². The first-order valence-corrected chi connectivity index (χ1v) is 11.7. The van der Waals surface area contributed by atoms with Crippen LogP contribution < -0.4 is 4.74 Å². The van der Waals surface area contributed by atoms with Crippen LogP contribution in [0.4, 0.5) is 13.2 Å². The van der Waals surface area contributed by atoms with Crippen LogP contribution >= 0.6 is 11.6 Å². The molecule has 0 unspecified atom stereocenters. The van der Waals surface area contributed by atoms with E-state index in [1.807, 2.05) is 54.6 Å². The quantitative estimate of drug-likeness (QED) is 0.295. The summed E-state index contributed by atoms with van der Waals surface area (Å²) >= 11 is 6.58. The monoisotopic (exact) mass is 510 g/mol. The highest BCUT2D eigenvalue weighted by molar-refractivity contribution is 6.32. The predicted molar refractivity (Wildman–Crippen MR) is 133 cm³/mol. The lowest BCUT2D eigenvalue weighted by Crippen LogP contribution is -2.36. The molecule has 0 radical (unpaired) electrons. The normalized spacial score (nSPS) is 13.4. The summed E-state index contributed by atoms with van der Waals surface area (Å²) in [4.78, 5) is 14.8. The van der Waals surface area contributed by atoms with Gasteiger partial charge in [-0.3, -0.25) is 4.79 Å². The number of aromatic nitrogens is 1. The van der Waals surface area contributed by atoms with E-state index in [2.05, 4.69) is 4.57 Å². The lowest BCUT2D eigenvalue weighted by atomic mass is 10.0. The molecule has 1 aromatic heterocycles. The van der Waals surface area contributed by atoms with Gasteiger partial charge in [-0.15, -0.1) is 0 Å². The molecule has 5 rings (SSSR count). The molecular formula is C28H22ClF3N2O2. The number of carbonyl (C=O) groups excluding carboxylic acids is 1. The summed E-state index contributed by atoms with van der Waals surface area (Å²) in [7, 11) is 1.61. The van der Waals surface area contributed by atoms with E-state index in [0.717, 1.165) is 46.1 Å². The van der Waals surface area contributed by atoms with Crippen molar-refractivity contribution in [3.63, 3.8) is 0 Å². The summed E-state index contributed by atoms with van der Waals surface area (Å²) in [6.45, 7) is 0.777. The highest BCUT2D eigenvalue weighted by atomic mass is 35.5. The molecule has 3 aromatic carbocycles. The Morgan fingerprint density at radius 3 is 2.31 bits per heavy atom. The van der Waals surface area contributed by atoms with Crippen molar-refractivity contribution in [3.8, 4) is 22.7 Å². The van der Waals surface area contributed by atoms with E-state index >= 15 is 0 Å². The second-order valence-corrected chi connectivity index (χ2v) is 8.98. The Morgan fingerprint density at radius 2 is 1.67 bits per heavy atom. The highest BCUT2D eigenvalue weighted by Crippen LogP contribution is 2.36. The molecule has 1 aliphatic heterocycles. The Hall–Kier alpha value is -3.71. The molecule has 0 atom stereocenters. The minimum Gasteiger partial charge on any atom is -0.497 e. The van der Waals surface area contributed by atoms with Gasteiger partial charge in [-0.1, -0.05) is 23.7 Å². The van der Waals surface area contributed by atoms with Crippen molar-refractivity contribution in [2.45, 2.75) is 19.1 Å². The summed E-state index contributed by atoms with van der Waals surface area (Å²) in [6.07, 6.45) is -3.87. The van der Waals surface area contributed by atoms with Crippen LogP contribution in [0.1, 0.15) is 27.2 Å². The molecule has 8 heteroatoms. The first-order chi connectivity index (χ1) is 17.3. The van der Waals surface area contributed by atoms with Gasteiger partial charge in [0.15, 0.2) is 0 Å². The summed E-state index contributed by atoms with van der Waals surface area (Å²) in [5.74, 6) is 0.443. The second-order valence-electron chi connectivity index (χ2n) is 8.57. The van der Waals surface area contributed by atoms with Crippen LogP contribution in [-0.4, -0.2) is 29.0 Å². The number of rotatable bonds is 4. The number of benzene rings is 3. The van der Waals surface area contributed by atoms with Gasteiger partial charge >= 0.3 is 6.18 Å². The third kappa shape index (κ3) is 4.46. The standard InChI is InChI=1S/C28H22ClF3N2O2/c1-36-22-12-8-18(9-13-22)26-16-20-17-33(27(35)19-6-10-21(11-7-19)28(30,31)32)15-14-24(20)34(26)25-5-3-2-4-23(25)29/h2-13,16H,14-15,17H2,1H3. The number of ether oxygens (including phenoxy) is 1. The van der Waals surface area contributed by atoms with Gasteiger partial charge in [-0.2, -0.15) is 13.2 Å². The van der Waals surface area contributed by atoms with E-state index in [4.69, 9.17) is 16.3 Å². The van der Waals surface area contributed by atoms with Crippen LogP contribution in [0, 0.1) is 0 Å². The zero-order chi connectivity index (χ0) is 25.4. The van der Waals surface area contributed by atoms with Crippen molar-refractivity contribution in [3.05, 3.63) is 106 Å². The average Bonchev–Trinajstić information content (AvgIpc) is 3.26. The predicted octanol–water partition coefficient (Wildman–Crippen LogP) is 7.02. The molecule has 0 bridgehead atoms. The van der Waals surface area contributed by atoms with Gasteiger partial charge in [0.25, 0.3) is 5.91 Å². The maximum absolute atomic E-state index is 13.1.